The second kappa shape index (κ2) is 5.97. The van der Waals surface area contributed by atoms with Crippen molar-refractivity contribution in [1.29, 1.82) is 5.26 Å². The quantitative estimate of drug-likeness (QED) is 0.755. The van der Waals surface area contributed by atoms with Crippen molar-refractivity contribution in [2.24, 2.45) is 0 Å². The van der Waals surface area contributed by atoms with Gasteiger partial charge < -0.3 is 10.6 Å². The number of anilines is 1. The minimum absolute atomic E-state index is 0.392. The summed E-state index contributed by atoms with van der Waals surface area (Å²) in [7, 11) is 0. The number of nitriles is 1. The van der Waals surface area contributed by atoms with Gasteiger partial charge in [-0.2, -0.15) is 5.26 Å². The molecular weight excluding hydrogens is 214 g/mol. The molecule has 2 rings (SSSR count). The van der Waals surface area contributed by atoms with Crippen molar-refractivity contribution in [2.75, 3.05) is 25.0 Å². The Kier molecular flexibility index (Phi) is 4.05. The van der Waals surface area contributed by atoms with Crippen LogP contribution in [0.5, 0.6) is 0 Å². The van der Waals surface area contributed by atoms with Crippen LogP contribution < -0.4 is 10.6 Å². The SMILES string of the molecule is N#Cc1ccnc(NCCC2=CCNCC2)n1. The molecule has 1 aromatic rings. The summed E-state index contributed by atoms with van der Waals surface area (Å²) in [5.74, 6) is 0.526. The van der Waals surface area contributed by atoms with Crippen molar-refractivity contribution in [2.45, 2.75) is 12.8 Å². The second-order valence-corrected chi connectivity index (χ2v) is 3.87. The second-order valence-electron chi connectivity index (χ2n) is 3.87. The number of aromatic nitrogens is 2. The molecule has 0 aliphatic carbocycles. The Morgan fingerprint density at radius 2 is 2.47 bits per heavy atom. The fraction of sp³-hybridized carbons (Fsp3) is 0.417. The zero-order valence-corrected chi connectivity index (χ0v) is 9.61. The first kappa shape index (κ1) is 11.6. The Morgan fingerprint density at radius 3 is 3.24 bits per heavy atom. The van der Waals surface area contributed by atoms with E-state index in [1.807, 2.05) is 6.07 Å². The minimum atomic E-state index is 0.392. The lowest BCUT2D eigenvalue weighted by molar-refractivity contribution is 0.683. The molecular formula is C12H15N5. The summed E-state index contributed by atoms with van der Waals surface area (Å²) in [6, 6.07) is 3.59. The molecule has 17 heavy (non-hydrogen) atoms. The van der Waals surface area contributed by atoms with E-state index in [4.69, 9.17) is 5.26 Å². The molecule has 0 amide bonds. The zero-order valence-electron chi connectivity index (χ0n) is 9.61. The maximum atomic E-state index is 8.71. The molecule has 0 bridgehead atoms. The fourth-order valence-corrected chi connectivity index (χ4v) is 1.74. The van der Waals surface area contributed by atoms with Crippen LogP contribution in [0.15, 0.2) is 23.9 Å². The van der Waals surface area contributed by atoms with Gasteiger partial charge in [0.15, 0.2) is 0 Å². The van der Waals surface area contributed by atoms with Gasteiger partial charge in [0.1, 0.15) is 11.8 Å². The monoisotopic (exact) mass is 229 g/mol. The topological polar surface area (TPSA) is 73.6 Å². The van der Waals surface area contributed by atoms with Crippen LogP contribution in [0.25, 0.3) is 0 Å². The highest BCUT2D eigenvalue weighted by atomic mass is 15.1. The highest BCUT2D eigenvalue weighted by Gasteiger charge is 2.03. The van der Waals surface area contributed by atoms with E-state index in [9.17, 15) is 0 Å². The summed E-state index contributed by atoms with van der Waals surface area (Å²) < 4.78 is 0. The molecule has 0 aromatic carbocycles. The first-order valence-corrected chi connectivity index (χ1v) is 5.74. The molecule has 0 fully saturated rings. The lowest BCUT2D eigenvalue weighted by Gasteiger charge is -2.14. The number of nitrogens with zero attached hydrogens (tertiary/aromatic N) is 3. The number of nitrogens with one attached hydrogen (secondary N) is 2. The van der Waals surface area contributed by atoms with Crippen LogP contribution in [0, 0.1) is 11.3 Å². The smallest absolute Gasteiger partial charge is 0.223 e. The van der Waals surface area contributed by atoms with Gasteiger partial charge in [-0.15, -0.1) is 0 Å². The van der Waals surface area contributed by atoms with Crippen LogP contribution in [0.2, 0.25) is 0 Å². The molecule has 2 heterocycles. The molecule has 88 valence electrons. The number of hydrogen-bond donors (Lipinski definition) is 2. The van der Waals surface area contributed by atoms with Crippen molar-refractivity contribution in [1.82, 2.24) is 15.3 Å². The van der Waals surface area contributed by atoms with E-state index in [1.54, 1.807) is 12.3 Å². The number of rotatable bonds is 4. The van der Waals surface area contributed by atoms with Gasteiger partial charge in [-0.25, -0.2) is 9.97 Å². The van der Waals surface area contributed by atoms with Crippen molar-refractivity contribution in [3.63, 3.8) is 0 Å². The fourth-order valence-electron chi connectivity index (χ4n) is 1.74. The van der Waals surface area contributed by atoms with Crippen LogP contribution in [-0.4, -0.2) is 29.6 Å². The van der Waals surface area contributed by atoms with Crippen molar-refractivity contribution in [3.8, 4) is 6.07 Å². The van der Waals surface area contributed by atoms with Gasteiger partial charge in [0.25, 0.3) is 0 Å². The molecule has 0 atom stereocenters. The molecule has 0 spiro atoms. The van der Waals surface area contributed by atoms with Gasteiger partial charge in [0.05, 0.1) is 0 Å². The summed E-state index contributed by atoms with van der Waals surface area (Å²) in [4.78, 5) is 8.12. The Morgan fingerprint density at radius 1 is 1.53 bits per heavy atom. The van der Waals surface area contributed by atoms with Crippen LogP contribution in [0.3, 0.4) is 0 Å². The molecule has 0 saturated heterocycles. The van der Waals surface area contributed by atoms with Gasteiger partial charge in [-0.1, -0.05) is 11.6 Å². The van der Waals surface area contributed by atoms with Crippen molar-refractivity contribution >= 4 is 5.95 Å². The third-order valence-corrected chi connectivity index (χ3v) is 2.66. The van der Waals surface area contributed by atoms with Gasteiger partial charge in [0, 0.05) is 19.3 Å². The summed E-state index contributed by atoms with van der Waals surface area (Å²) >= 11 is 0. The molecule has 1 aromatic heterocycles. The Bertz CT molecular complexity index is 446. The van der Waals surface area contributed by atoms with E-state index in [1.165, 1.54) is 5.57 Å². The summed E-state index contributed by atoms with van der Waals surface area (Å²) in [5, 5.41) is 15.1. The average Bonchev–Trinajstić information content (AvgIpc) is 2.40. The highest BCUT2D eigenvalue weighted by molar-refractivity contribution is 5.30. The largest absolute Gasteiger partial charge is 0.354 e. The summed E-state index contributed by atoms with van der Waals surface area (Å²) in [6.45, 7) is 2.84. The summed E-state index contributed by atoms with van der Waals surface area (Å²) in [6.07, 6.45) is 5.94. The van der Waals surface area contributed by atoms with Gasteiger partial charge >= 0.3 is 0 Å². The first-order valence-electron chi connectivity index (χ1n) is 5.74. The maximum Gasteiger partial charge on any atom is 0.223 e. The third kappa shape index (κ3) is 3.54. The first-order chi connectivity index (χ1) is 8.38. The van der Waals surface area contributed by atoms with Gasteiger partial charge in [-0.3, -0.25) is 0 Å². The Hall–Kier alpha value is -1.93. The van der Waals surface area contributed by atoms with E-state index in [0.717, 1.165) is 32.5 Å². The molecule has 0 radical (unpaired) electrons. The molecule has 1 aliphatic rings. The van der Waals surface area contributed by atoms with Crippen LogP contribution in [-0.2, 0) is 0 Å². The molecule has 0 saturated carbocycles. The lowest BCUT2D eigenvalue weighted by Crippen LogP contribution is -2.21. The number of hydrogen-bond acceptors (Lipinski definition) is 5. The highest BCUT2D eigenvalue weighted by Crippen LogP contribution is 2.09. The maximum absolute atomic E-state index is 8.71. The molecule has 2 N–H and O–H groups in total. The lowest BCUT2D eigenvalue weighted by atomic mass is 10.1. The predicted molar refractivity (Wildman–Crippen MR) is 65.4 cm³/mol. The molecule has 0 unspecified atom stereocenters. The van der Waals surface area contributed by atoms with Crippen LogP contribution in [0.1, 0.15) is 18.5 Å². The van der Waals surface area contributed by atoms with E-state index < -0.39 is 0 Å². The van der Waals surface area contributed by atoms with Gasteiger partial charge in [-0.05, 0) is 25.5 Å². The van der Waals surface area contributed by atoms with Crippen molar-refractivity contribution < 1.29 is 0 Å². The summed E-state index contributed by atoms with van der Waals surface area (Å²) in [5.41, 5.74) is 1.86. The standard InChI is InChI=1S/C12H15N5/c13-9-11-4-8-16-12(17-11)15-7-3-10-1-5-14-6-2-10/h1,4,8,14H,2-3,5-7H2,(H,15,16,17). The normalized spacial score (nSPS) is 14.9. The third-order valence-electron chi connectivity index (χ3n) is 2.66. The molecule has 1 aliphatic heterocycles. The van der Waals surface area contributed by atoms with Gasteiger partial charge in [0.2, 0.25) is 5.95 Å². The average molecular weight is 229 g/mol. The zero-order chi connectivity index (χ0) is 11.9. The Balaban J connectivity index is 1.81. The minimum Gasteiger partial charge on any atom is -0.354 e. The molecule has 5 nitrogen and oxygen atoms in total. The van der Waals surface area contributed by atoms with E-state index in [-0.39, 0.29) is 0 Å². The Labute approximate surface area is 101 Å². The van der Waals surface area contributed by atoms with Crippen LogP contribution in [0.4, 0.5) is 5.95 Å². The van der Waals surface area contributed by atoms with Crippen molar-refractivity contribution in [3.05, 3.63) is 29.6 Å². The van der Waals surface area contributed by atoms with E-state index >= 15 is 0 Å². The predicted octanol–water partition coefficient (Wildman–Crippen LogP) is 1.07. The molecule has 5 heteroatoms. The van der Waals surface area contributed by atoms with E-state index in [2.05, 4.69) is 26.7 Å². The van der Waals surface area contributed by atoms with Crippen LogP contribution >= 0.6 is 0 Å². The van der Waals surface area contributed by atoms with E-state index in [0.29, 0.717) is 11.6 Å².